The van der Waals surface area contributed by atoms with Gasteiger partial charge in [0.25, 0.3) is 0 Å². The van der Waals surface area contributed by atoms with Crippen LogP contribution >= 0.6 is 0 Å². The zero-order valence-electron chi connectivity index (χ0n) is 6.72. The van der Waals surface area contributed by atoms with Gasteiger partial charge in [0.15, 0.2) is 0 Å². The van der Waals surface area contributed by atoms with Gasteiger partial charge in [-0.05, 0) is 0 Å². The largest absolute Gasteiger partial charge is 1.00 e. The van der Waals surface area contributed by atoms with Crippen LogP contribution in [0.2, 0.25) is 0 Å². The van der Waals surface area contributed by atoms with Gasteiger partial charge in [-0.1, -0.05) is 32.1 Å². The summed E-state index contributed by atoms with van der Waals surface area (Å²) in [5.41, 5.74) is 0. The normalized spacial score (nSPS) is 35.3. The van der Waals surface area contributed by atoms with Gasteiger partial charge in [-0.25, -0.2) is 0 Å². The summed E-state index contributed by atoms with van der Waals surface area (Å²) in [6.07, 6.45) is 1.38. The molecular weight excluding hydrogens is 137 g/mol. The molecule has 0 aromatic heterocycles. The molecule has 48 valence electrons. The van der Waals surface area contributed by atoms with Crippen molar-refractivity contribution in [2.75, 3.05) is 13.1 Å². The monoisotopic (exact) mass is 151 g/mol. The van der Waals surface area contributed by atoms with Crippen molar-refractivity contribution in [2.45, 2.75) is 20.3 Å². The number of hydrogen-bond donors (Lipinski definition) is 0. The van der Waals surface area contributed by atoms with E-state index in [1.54, 1.807) is 0 Å². The molecule has 1 heterocycles. The van der Waals surface area contributed by atoms with Gasteiger partial charge < -0.3 is 5.32 Å². The summed E-state index contributed by atoms with van der Waals surface area (Å²) >= 11 is 0. The van der Waals surface area contributed by atoms with E-state index in [4.69, 9.17) is 0 Å². The Labute approximate surface area is 100 Å². The molecule has 0 radical (unpaired) electrons. The van der Waals surface area contributed by atoms with Crippen molar-refractivity contribution in [1.82, 2.24) is 0 Å². The maximum Gasteiger partial charge on any atom is 1.00 e. The van der Waals surface area contributed by atoms with E-state index in [9.17, 15) is 0 Å². The average molecular weight is 151 g/mol. The Morgan fingerprint density at radius 2 is 1.56 bits per heavy atom. The first-order valence-corrected chi connectivity index (χ1v) is 3.42. The Bertz CT molecular complexity index is 67.3. The van der Waals surface area contributed by atoms with Crippen LogP contribution in [0.3, 0.4) is 0 Å². The van der Waals surface area contributed by atoms with Crippen molar-refractivity contribution in [2.24, 2.45) is 11.8 Å². The number of rotatable bonds is 0. The predicted octanol–water partition coefficient (Wildman–Crippen LogP) is -0.960. The summed E-state index contributed by atoms with van der Waals surface area (Å²) in [5, 5.41) is 4.34. The van der Waals surface area contributed by atoms with Crippen LogP contribution in [0, 0.1) is 11.8 Å². The molecule has 1 fully saturated rings. The summed E-state index contributed by atoms with van der Waals surface area (Å²) in [6, 6.07) is 0. The Balaban J connectivity index is 0.000000640. The smallest absolute Gasteiger partial charge is 0.662 e. The molecule has 0 amide bonds. The van der Waals surface area contributed by atoms with E-state index in [0.717, 1.165) is 24.9 Å². The molecule has 0 saturated carbocycles. The van der Waals surface area contributed by atoms with Gasteiger partial charge in [-0.3, -0.25) is 0 Å². The zero-order valence-corrected chi connectivity index (χ0v) is 9.85. The molecule has 1 saturated heterocycles. The minimum atomic E-state index is 0. The molecule has 1 aliphatic heterocycles. The van der Waals surface area contributed by atoms with Crippen LogP contribution in [0.25, 0.3) is 5.32 Å². The second kappa shape index (κ2) is 5.27. The van der Waals surface area contributed by atoms with E-state index >= 15 is 0 Å². The molecule has 0 aromatic carbocycles. The predicted molar refractivity (Wildman–Crippen MR) is 36.0 cm³/mol. The first-order chi connectivity index (χ1) is 3.79. The fourth-order valence-corrected chi connectivity index (χ4v) is 1.35. The van der Waals surface area contributed by atoms with E-state index in [0.29, 0.717) is 0 Å². The standard InChI is InChI=1S/C7H14N.K/c1-6-3-7(2)5-8-4-6;/h6-7H,3-5H2,1-2H3;/q-1;+1. The molecule has 2 atom stereocenters. The minimum Gasteiger partial charge on any atom is -0.662 e. The van der Waals surface area contributed by atoms with Crippen LogP contribution in [0.4, 0.5) is 0 Å². The van der Waals surface area contributed by atoms with Crippen LogP contribution < -0.4 is 51.4 Å². The van der Waals surface area contributed by atoms with E-state index < -0.39 is 0 Å². The minimum absolute atomic E-state index is 0. The van der Waals surface area contributed by atoms with Crippen molar-refractivity contribution < 1.29 is 51.4 Å². The number of nitrogens with zero attached hydrogens (tertiary/aromatic N) is 1. The van der Waals surface area contributed by atoms with Gasteiger partial charge in [0.05, 0.1) is 0 Å². The molecule has 1 nitrogen and oxygen atoms in total. The van der Waals surface area contributed by atoms with E-state index in [1.807, 2.05) is 0 Å². The Morgan fingerprint density at radius 1 is 1.11 bits per heavy atom. The van der Waals surface area contributed by atoms with Crippen molar-refractivity contribution >= 4 is 0 Å². The topological polar surface area (TPSA) is 14.1 Å². The van der Waals surface area contributed by atoms with E-state index in [-0.39, 0.29) is 51.4 Å². The van der Waals surface area contributed by atoms with Crippen molar-refractivity contribution in [3.63, 3.8) is 0 Å². The second-order valence-corrected chi connectivity index (χ2v) is 3.03. The van der Waals surface area contributed by atoms with Gasteiger partial charge in [0.1, 0.15) is 0 Å². The van der Waals surface area contributed by atoms with Crippen LogP contribution in [0.1, 0.15) is 20.3 Å². The van der Waals surface area contributed by atoms with Gasteiger partial charge in [0.2, 0.25) is 0 Å². The van der Waals surface area contributed by atoms with E-state index in [2.05, 4.69) is 19.2 Å². The summed E-state index contributed by atoms with van der Waals surface area (Å²) < 4.78 is 0. The molecule has 2 unspecified atom stereocenters. The third-order valence-electron chi connectivity index (χ3n) is 1.69. The Hall–Kier alpha value is 1.60. The van der Waals surface area contributed by atoms with Crippen molar-refractivity contribution in [1.29, 1.82) is 0 Å². The summed E-state index contributed by atoms with van der Waals surface area (Å²) in [7, 11) is 0. The number of hydrogen-bond acceptors (Lipinski definition) is 0. The van der Waals surface area contributed by atoms with Crippen molar-refractivity contribution in [3.05, 3.63) is 5.32 Å². The van der Waals surface area contributed by atoms with E-state index in [1.165, 1.54) is 6.42 Å². The third-order valence-corrected chi connectivity index (χ3v) is 1.69. The maximum atomic E-state index is 4.34. The Morgan fingerprint density at radius 3 is 1.78 bits per heavy atom. The molecule has 1 rings (SSSR count). The van der Waals surface area contributed by atoms with Gasteiger partial charge in [-0.15, -0.1) is 13.1 Å². The molecule has 0 N–H and O–H groups in total. The first kappa shape index (κ1) is 10.6. The number of piperidine rings is 1. The quantitative estimate of drug-likeness (QED) is 0.396. The zero-order chi connectivity index (χ0) is 5.98. The van der Waals surface area contributed by atoms with Crippen LogP contribution in [0.5, 0.6) is 0 Å². The SMILES string of the molecule is CC1C[N-]CC(C)C1.[K+]. The molecule has 0 aliphatic carbocycles. The van der Waals surface area contributed by atoms with Crippen LogP contribution in [0.15, 0.2) is 0 Å². The maximum absolute atomic E-state index is 4.34. The molecule has 0 spiro atoms. The van der Waals surface area contributed by atoms with Crippen molar-refractivity contribution in [3.8, 4) is 0 Å². The summed E-state index contributed by atoms with van der Waals surface area (Å²) in [5.74, 6) is 1.69. The molecule has 1 aliphatic rings. The Kier molecular flexibility index (Phi) is 6.21. The average Bonchev–Trinajstić information content (AvgIpc) is 1.64. The molecule has 9 heavy (non-hydrogen) atoms. The second-order valence-electron chi connectivity index (χ2n) is 3.03. The summed E-state index contributed by atoms with van der Waals surface area (Å²) in [6.45, 7) is 6.76. The van der Waals surface area contributed by atoms with Gasteiger partial charge >= 0.3 is 51.4 Å². The first-order valence-electron chi connectivity index (χ1n) is 3.42. The fraction of sp³-hybridized carbons (Fsp3) is 1.00. The fourth-order valence-electron chi connectivity index (χ4n) is 1.35. The molecule has 0 bridgehead atoms. The molecule has 2 heteroatoms. The van der Waals surface area contributed by atoms with Crippen LogP contribution in [-0.2, 0) is 0 Å². The van der Waals surface area contributed by atoms with Crippen LogP contribution in [-0.4, -0.2) is 13.1 Å². The molecule has 0 aromatic rings. The van der Waals surface area contributed by atoms with Gasteiger partial charge in [0, 0.05) is 0 Å². The summed E-state index contributed by atoms with van der Waals surface area (Å²) in [4.78, 5) is 0. The third kappa shape index (κ3) is 4.12. The van der Waals surface area contributed by atoms with Gasteiger partial charge in [-0.2, -0.15) is 0 Å². The molecular formula is C7H14KN.